The Morgan fingerprint density at radius 2 is 1.88 bits per heavy atom. The lowest BCUT2D eigenvalue weighted by atomic mass is 10.2. The van der Waals surface area contributed by atoms with Crippen molar-refractivity contribution in [2.75, 3.05) is 32.7 Å². The van der Waals surface area contributed by atoms with Gasteiger partial charge in [-0.3, -0.25) is 19.3 Å². The second kappa shape index (κ2) is 7.35. The fraction of sp³-hybridized carbons (Fsp3) is 0.389. The van der Waals surface area contributed by atoms with E-state index in [0.29, 0.717) is 17.4 Å². The third-order valence-electron chi connectivity index (χ3n) is 4.82. The Bertz CT molecular complexity index is 931. The van der Waals surface area contributed by atoms with Crippen LogP contribution in [0.5, 0.6) is 0 Å². The molecule has 0 spiro atoms. The van der Waals surface area contributed by atoms with E-state index in [1.807, 2.05) is 4.68 Å². The van der Waals surface area contributed by atoms with Crippen molar-refractivity contribution in [1.29, 1.82) is 0 Å². The predicted molar refractivity (Wildman–Crippen MR) is 96.3 cm³/mol. The van der Waals surface area contributed by atoms with Crippen LogP contribution in [0.25, 0.3) is 10.9 Å². The zero-order valence-corrected chi connectivity index (χ0v) is 14.4. The molecule has 0 saturated carbocycles. The van der Waals surface area contributed by atoms with Gasteiger partial charge in [0.1, 0.15) is 18.5 Å². The number of rotatable bonds is 5. The predicted octanol–water partition coefficient (Wildman–Crippen LogP) is 1.08. The van der Waals surface area contributed by atoms with E-state index in [4.69, 9.17) is 0 Å². The highest BCUT2D eigenvalue weighted by Crippen LogP contribution is 2.12. The van der Waals surface area contributed by atoms with Gasteiger partial charge in [0.2, 0.25) is 0 Å². The fourth-order valence-corrected chi connectivity index (χ4v) is 3.36. The lowest BCUT2D eigenvalue weighted by molar-refractivity contribution is 0.122. The maximum absolute atomic E-state index is 13.3. The van der Waals surface area contributed by atoms with Crippen LogP contribution in [-0.4, -0.2) is 62.3 Å². The molecule has 1 aromatic carbocycles. The minimum Gasteiger partial charge on any atom is -0.357 e. The third-order valence-corrected chi connectivity index (χ3v) is 4.82. The molecule has 4 rings (SSSR count). The molecule has 0 amide bonds. The van der Waals surface area contributed by atoms with Gasteiger partial charge in [0, 0.05) is 61.9 Å². The molecule has 2 aromatic heterocycles. The smallest absolute Gasteiger partial charge is 0.189 e. The molecule has 0 bridgehead atoms. The van der Waals surface area contributed by atoms with Crippen molar-refractivity contribution in [2.45, 2.75) is 13.1 Å². The van der Waals surface area contributed by atoms with Crippen LogP contribution >= 0.6 is 0 Å². The van der Waals surface area contributed by atoms with E-state index in [0.717, 1.165) is 45.0 Å². The third kappa shape index (κ3) is 3.81. The van der Waals surface area contributed by atoms with Crippen LogP contribution in [0.2, 0.25) is 0 Å². The molecule has 1 fully saturated rings. The largest absolute Gasteiger partial charge is 0.357 e. The first-order chi connectivity index (χ1) is 12.7. The first-order valence-corrected chi connectivity index (χ1v) is 8.76. The summed E-state index contributed by atoms with van der Waals surface area (Å²) < 4.78 is 15.1. The minimum absolute atomic E-state index is 0.139. The fourth-order valence-electron chi connectivity index (χ4n) is 3.36. The summed E-state index contributed by atoms with van der Waals surface area (Å²) in [5.74, 6) is -0.391. The quantitative estimate of drug-likeness (QED) is 0.741. The molecule has 1 saturated heterocycles. The van der Waals surface area contributed by atoms with Gasteiger partial charge in [-0.15, -0.1) is 0 Å². The summed E-state index contributed by atoms with van der Waals surface area (Å²) in [5.41, 5.74) is 1.41. The molecule has 1 aliphatic rings. The van der Waals surface area contributed by atoms with Crippen molar-refractivity contribution < 1.29 is 4.39 Å². The van der Waals surface area contributed by atoms with Crippen LogP contribution in [0, 0.1) is 5.82 Å². The highest BCUT2D eigenvalue weighted by Gasteiger charge is 2.17. The number of hydrogen-bond donors (Lipinski definition) is 1. The van der Waals surface area contributed by atoms with Gasteiger partial charge in [0.25, 0.3) is 0 Å². The summed E-state index contributed by atoms with van der Waals surface area (Å²) in [6, 6.07) is 5.86. The van der Waals surface area contributed by atoms with Gasteiger partial charge in [-0.2, -0.15) is 5.10 Å². The van der Waals surface area contributed by atoms with Crippen LogP contribution < -0.4 is 5.43 Å². The van der Waals surface area contributed by atoms with Crippen molar-refractivity contribution in [1.82, 2.24) is 29.5 Å². The highest BCUT2D eigenvalue weighted by molar-refractivity contribution is 5.78. The molecule has 0 atom stereocenters. The van der Waals surface area contributed by atoms with E-state index >= 15 is 0 Å². The average Bonchev–Trinajstić information content (AvgIpc) is 3.15. The normalized spacial score (nSPS) is 16.3. The first kappa shape index (κ1) is 16.9. The van der Waals surface area contributed by atoms with Crippen molar-refractivity contribution in [3.63, 3.8) is 0 Å². The van der Waals surface area contributed by atoms with Gasteiger partial charge >= 0.3 is 0 Å². The molecule has 0 aliphatic carbocycles. The number of piperazine rings is 1. The van der Waals surface area contributed by atoms with Crippen molar-refractivity contribution in [3.8, 4) is 0 Å². The van der Waals surface area contributed by atoms with E-state index in [2.05, 4.69) is 24.9 Å². The van der Waals surface area contributed by atoms with Gasteiger partial charge in [-0.1, -0.05) is 0 Å². The summed E-state index contributed by atoms with van der Waals surface area (Å²) in [4.78, 5) is 24.2. The molecule has 1 N–H and O–H groups in total. The van der Waals surface area contributed by atoms with E-state index in [1.54, 1.807) is 24.8 Å². The van der Waals surface area contributed by atoms with Crippen molar-refractivity contribution >= 4 is 10.9 Å². The molecule has 136 valence electrons. The zero-order chi connectivity index (χ0) is 17.9. The number of fused-ring (bicyclic) bond motifs is 1. The Balaban J connectivity index is 1.35. The minimum atomic E-state index is -0.391. The molecule has 3 aromatic rings. The Morgan fingerprint density at radius 1 is 1.08 bits per heavy atom. The number of aromatic nitrogens is 4. The Labute approximate surface area is 150 Å². The summed E-state index contributed by atoms with van der Waals surface area (Å²) in [7, 11) is 0. The molecule has 1 aliphatic heterocycles. The van der Waals surface area contributed by atoms with Gasteiger partial charge in [0.15, 0.2) is 5.43 Å². The van der Waals surface area contributed by atoms with E-state index in [1.165, 1.54) is 12.1 Å². The molecular weight excluding hydrogens is 335 g/mol. The Hall–Kier alpha value is -2.58. The van der Waals surface area contributed by atoms with Crippen LogP contribution in [0.1, 0.15) is 5.69 Å². The van der Waals surface area contributed by atoms with Crippen LogP contribution in [0.4, 0.5) is 4.39 Å². The molecule has 3 heterocycles. The number of aromatic amines is 1. The Morgan fingerprint density at radius 3 is 2.65 bits per heavy atom. The summed E-state index contributed by atoms with van der Waals surface area (Å²) in [5, 5.41) is 4.52. The summed E-state index contributed by atoms with van der Waals surface area (Å²) in [6.45, 7) is 6.35. The standard InChI is InChI=1S/C18H21FN6O/c19-14-1-2-17-16(9-14)18(26)10-15(22-17)11-24-5-3-23(4-6-24)7-8-25-13-20-12-21-25/h1-2,9-10,12-13H,3-8,11H2,(H,22,26). The van der Waals surface area contributed by atoms with Gasteiger partial charge in [-0.05, 0) is 18.2 Å². The first-order valence-electron chi connectivity index (χ1n) is 8.76. The number of benzene rings is 1. The highest BCUT2D eigenvalue weighted by atomic mass is 19.1. The van der Waals surface area contributed by atoms with Crippen LogP contribution in [0.3, 0.4) is 0 Å². The second-order valence-electron chi connectivity index (χ2n) is 6.63. The molecule has 0 radical (unpaired) electrons. The van der Waals surface area contributed by atoms with Gasteiger partial charge in [-0.25, -0.2) is 9.37 Å². The van der Waals surface area contributed by atoms with E-state index in [9.17, 15) is 9.18 Å². The van der Waals surface area contributed by atoms with Crippen LogP contribution in [0.15, 0.2) is 41.7 Å². The van der Waals surface area contributed by atoms with Crippen molar-refractivity contribution in [2.24, 2.45) is 0 Å². The molecule has 7 nitrogen and oxygen atoms in total. The molecular formula is C18H21FN6O. The molecule has 0 unspecified atom stereocenters. The number of pyridine rings is 1. The summed E-state index contributed by atoms with van der Waals surface area (Å²) >= 11 is 0. The Kier molecular flexibility index (Phi) is 4.77. The number of nitrogens with one attached hydrogen (secondary N) is 1. The lowest BCUT2D eigenvalue weighted by Gasteiger charge is -2.34. The van der Waals surface area contributed by atoms with E-state index in [-0.39, 0.29) is 5.43 Å². The monoisotopic (exact) mass is 356 g/mol. The summed E-state index contributed by atoms with van der Waals surface area (Å²) in [6.07, 6.45) is 3.29. The van der Waals surface area contributed by atoms with Gasteiger partial charge < -0.3 is 4.98 Å². The topological polar surface area (TPSA) is 70.1 Å². The maximum atomic E-state index is 13.3. The number of hydrogen-bond acceptors (Lipinski definition) is 5. The zero-order valence-electron chi connectivity index (χ0n) is 14.4. The molecule has 26 heavy (non-hydrogen) atoms. The van der Waals surface area contributed by atoms with Crippen LogP contribution in [-0.2, 0) is 13.1 Å². The number of halogens is 1. The number of H-pyrrole nitrogens is 1. The maximum Gasteiger partial charge on any atom is 0.189 e. The van der Waals surface area contributed by atoms with Crippen molar-refractivity contribution in [3.05, 3.63) is 58.7 Å². The molecule has 8 heteroatoms. The number of nitrogens with zero attached hydrogens (tertiary/aromatic N) is 5. The average molecular weight is 356 g/mol. The lowest BCUT2D eigenvalue weighted by Crippen LogP contribution is -2.46. The SMILES string of the molecule is O=c1cc(CN2CCN(CCn3cncn3)CC2)[nH]c2ccc(F)cc12. The van der Waals surface area contributed by atoms with E-state index < -0.39 is 5.82 Å². The van der Waals surface area contributed by atoms with Gasteiger partial charge in [0.05, 0.1) is 6.54 Å². The second-order valence-corrected chi connectivity index (χ2v) is 6.63.